The normalized spacial score (nSPS) is 16.8. The maximum Gasteiger partial charge on any atom is 0.501 e. The van der Waals surface area contributed by atoms with Gasteiger partial charge >= 0.3 is 5.51 Å². The molecule has 15 heteroatoms. The summed E-state index contributed by atoms with van der Waals surface area (Å²) in [5.41, 5.74) is -6.14. The Balaban J connectivity index is 1.68. The predicted octanol–water partition coefficient (Wildman–Crippen LogP) is 4.91. The number of hydrogen-bond donors (Lipinski definition) is 3. The molecule has 0 aliphatic carbocycles. The minimum Gasteiger partial charge on any atom is -0.396 e. The molecule has 0 unspecified atom stereocenters. The fourth-order valence-corrected chi connectivity index (χ4v) is 8.11. The summed E-state index contributed by atoms with van der Waals surface area (Å²) in [5.74, 6) is -0.661. The lowest BCUT2D eigenvalue weighted by Gasteiger charge is -2.30. The van der Waals surface area contributed by atoms with Crippen LogP contribution in [0.4, 0.5) is 18.9 Å². The number of carbonyl (C=O) groups excluding carboxylic acids is 1. The Labute approximate surface area is 265 Å². The van der Waals surface area contributed by atoms with Gasteiger partial charge in [-0.15, -0.1) is 11.8 Å². The van der Waals surface area contributed by atoms with Crippen LogP contribution in [-0.2, 0) is 19.9 Å². The van der Waals surface area contributed by atoms with Gasteiger partial charge in [0.05, 0.1) is 10.6 Å². The smallest absolute Gasteiger partial charge is 0.396 e. The van der Waals surface area contributed by atoms with Crippen LogP contribution in [-0.4, -0.2) is 75.8 Å². The molecule has 3 aromatic rings. The molecule has 9 nitrogen and oxygen atoms in total. The fourth-order valence-electron chi connectivity index (χ4n) is 5.13. The Bertz CT molecular complexity index is 1660. The van der Waals surface area contributed by atoms with Gasteiger partial charge in [0.1, 0.15) is 4.90 Å². The molecule has 1 saturated heterocycles. The van der Waals surface area contributed by atoms with Crippen molar-refractivity contribution in [2.45, 2.75) is 58.0 Å². The van der Waals surface area contributed by atoms with Crippen molar-refractivity contribution in [2.75, 3.05) is 30.8 Å². The molecule has 0 aromatic heterocycles. The highest BCUT2D eigenvalue weighted by Crippen LogP contribution is 2.37. The van der Waals surface area contributed by atoms with E-state index in [4.69, 9.17) is 0 Å². The number of aliphatic hydroxyl groups excluding tert-OH is 1. The number of likely N-dealkylation sites (tertiary alicyclic amines) is 1. The van der Waals surface area contributed by atoms with E-state index in [1.165, 1.54) is 36.0 Å². The number of nitrogens with zero attached hydrogens (tertiary/aromatic N) is 1. The molecule has 0 radical (unpaired) electrons. The number of nitrogens with one attached hydrogen (secondary N) is 2. The SMILES string of the molecule is O=C(NS(=O)(=O)c1ccc(N[C@@H](CSc2ccccc2)C[C@H]2CCCN2CCCO)c(S(=O)(=O)C(F)(F)F)c1)c1ccccc1. The first-order valence-electron chi connectivity index (χ1n) is 14.2. The van der Waals surface area contributed by atoms with Gasteiger partial charge in [-0.1, -0.05) is 36.4 Å². The summed E-state index contributed by atoms with van der Waals surface area (Å²) in [4.78, 5) is 13.5. The van der Waals surface area contributed by atoms with Gasteiger partial charge in [-0.2, -0.15) is 13.2 Å². The number of rotatable bonds is 14. The molecule has 1 amide bonds. The van der Waals surface area contributed by atoms with Crippen LogP contribution in [0, 0.1) is 0 Å². The second kappa shape index (κ2) is 15.0. The monoisotopic (exact) mass is 685 g/mol. The number of amides is 1. The number of hydrogen-bond acceptors (Lipinski definition) is 9. The lowest BCUT2D eigenvalue weighted by Crippen LogP contribution is -2.37. The van der Waals surface area contributed by atoms with Crippen molar-refractivity contribution in [2.24, 2.45) is 0 Å². The van der Waals surface area contributed by atoms with Crippen LogP contribution in [0.5, 0.6) is 0 Å². The van der Waals surface area contributed by atoms with E-state index in [-0.39, 0.29) is 18.2 Å². The molecule has 45 heavy (non-hydrogen) atoms. The Morgan fingerprint density at radius 2 is 1.67 bits per heavy atom. The third-order valence-corrected chi connectivity index (χ3v) is 11.4. The maximum absolute atomic E-state index is 13.9. The number of anilines is 1. The summed E-state index contributed by atoms with van der Waals surface area (Å²) in [6, 6.07) is 18.5. The molecule has 0 spiro atoms. The number of carbonyl (C=O) groups is 1. The van der Waals surface area contributed by atoms with Crippen molar-refractivity contribution in [1.29, 1.82) is 0 Å². The van der Waals surface area contributed by atoms with Crippen molar-refractivity contribution in [1.82, 2.24) is 9.62 Å². The zero-order valence-corrected chi connectivity index (χ0v) is 26.6. The minimum absolute atomic E-state index is 0.0128. The number of alkyl halides is 3. The molecule has 1 heterocycles. The van der Waals surface area contributed by atoms with Crippen molar-refractivity contribution in [3.05, 3.63) is 84.4 Å². The molecule has 1 fully saturated rings. The number of sulfone groups is 1. The van der Waals surface area contributed by atoms with Gasteiger partial charge in [0.2, 0.25) is 0 Å². The topological polar surface area (TPSA) is 133 Å². The summed E-state index contributed by atoms with van der Waals surface area (Å²) in [7, 11) is -10.8. The van der Waals surface area contributed by atoms with Crippen molar-refractivity contribution in [3.63, 3.8) is 0 Å². The molecule has 0 saturated carbocycles. The lowest BCUT2D eigenvalue weighted by atomic mass is 10.1. The van der Waals surface area contributed by atoms with Gasteiger partial charge in [-0.05, 0) is 74.7 Å². The standard InChI is InChI=1S/C30H34F3N3O6S3/c31-30(32,33)44(39,40)28-20-26(45(41,42)35-29(38)22-9-3-1-4-10-22)14-15-27(28)34-23(21-43-25-12-5-2-6-13-25)19-24-11-7-16-36(24)17-8-18-37/h1-6,9-10,12-15,20,23-24,34,37H,7-8,11,16-19,21H2,(H,35,38)/t23-,24-/m1/s1. The molecule has 0 bridgehead atoms. The van der Waals surface area contributed by atoms with E-state index in [2.05, 4.69) is 10.2 Å². The summed E-state index contributed by atoms with van der Waals surface area (Å²) < 4.78 is 95.1. The zero-order valence-electron chi connectivity index (χ0n) is 24.1. The third kappa shape index (κ3) is 9.00. The van der Waals surface area contributed by atoms with E-state index in [9.17, 15) is 39.9 Å². The van der Waals surface area contributed by atoms with Crippen molar-refractivity contribution in [3.8, 4) is 0 Å². The zero-order chi connectivity index (χ0) is 32.7. The summed E-state index contributed by atoms with van der Waals surface area (Å²) >= 11 is 1.45. The highest BCUT2D eigenvalue weighted by molar-refractivity contribution is 7.99. The average Bonchev–Trinajstić information content (AvgIpc) is 3.45. The predicted molar refractivity (Wildman–Crippen MR) is 166 cm³/mol. The van der Waals surface area contributed by atoms with E-state index >= 15 is 0 Å². The second-order valence-corrected chi connectivity index (χ2v) is 15.2. The van der Waals surface area contributed by atoms with Gasteiger partial charge in [-0.3, -0.25) is 4.79 Å². The Morgan fingerprint density at radius 1 is 1.00 bits per heavy atom. The van der Waals surface area contributed by atoms with E-state index in [1.54, 1.807) is 10.8 Å². The van der Waals surface area contributed by atoms with Gasteiger partial charge in [-0.25, -0.2) is 21.6 Å². The van der Waals surface area contributed by atoms with E-state index in [1.807, 2.05) is 30.3 Å². The number of halogens is 3. The number of sulfonamides is 1. The Kier molecular flexibility index (Phi) is 11.6. The van der Waals surface area contributed by atoms with Crippen LogP contribution in [0.3, 0.4) is 0 Å². The van der Waals surface area contributed by atoms with Gasteiger partial charge < -0.3 is 15.3 Å². The van der Waals surface area contributed by atoms with Crippen LogP contribution in [0.1, 0.15) is 36.0 Å². The van der Waals surface area contributed by atoms with Crippen molar-refractivity contribution < 1.29 is 39.9 Å². The first-order chi connectivity index (χ1) is 21.3. The van der Waals surface area contributed by atoms with Crippen molar-refractivity contribution >= 4 is 43.2 Å². The molecule has 2 atom stereocenters. The number of aliphatic hydroxyl groups is 1. The fraction of sp³-hybridized carbons (Fsp3) is 0.367. The first kappa shape index (κ1) is 34.8. The lowest BCUT2D eigenvalue weighted by molar-refractivity contribution is -0.0435. The maximum atomic E-state index is 13.9. The number of thioether (sulfide) groups is 1. The van der Waals surface area contributed by atoms with E-state index in [0.29, 0.717) is 31.2 Å². The van der Waals surface area contributed by atoms with E-state index < -0.39 is 52.8 Å². The van der Waals surface area contributed by atoms with Crippen LogP contribution < -0.4 is 10.0 Å². The Morgan fingerprint density at radius 3 is 2.31 bits per heavy atom. The van der Waals surface area contributed by atoms with Gasteiger partial charge in [0.25, 0.3) is 25.8 Å². The van der Waals surface area contributed by atoms with Crippen LogP contribution in [0.15, 0.2) is 93.5 Å². The van der Waals surface area contributed by atoms with Crippen LogP contribution in [0.25, 0.3) is 0 Å². The first-order valence-corrected chi connectivity index (χ1v) is 18.1. The number of benzene rings is 3. The highest BCUT2D eigenvalue weighted by atomic mass is 32.2. The molecule has 244 valence electrons. The highest BCUT2D eigenvalue weighted by Gasteiger charge is 2.48. The molecule has 3 N–H and O–H groups in total. The average molecular weight is 686 g/mol. The minimum atomic E-state index is -6.02. The summed E-state index contributed by atoms with van der Waals surface area (Å²) in [6.45, 7) is 1.47. The molecular formula is C30H34F3N3O6S3. The molecule has 3 aromatic carbocycles. The summed E-state index contributed by atoms with van der Waals surface area (Å²) in [6.07, 6.45) is 2.76. The van der Waals surface area contributed by atoms with Gasteiger partial charge in [0.15, 0.2) is 0 Å². The molecule has 1 aliphatic rings. The van der Waals surface area contributed by atoms with E-state index in [0.717, 1.165) is 36.4 Å². The quantitative estimate of drug-likeness (QED) is 0.203. The molecule has 1 aliphatic heterocycles. The molecule has 4 rings (SSSR count). The largest absolute Gasteiger partial charge is 0.501 e. The van der Waals surface area contributed by atoms with Gasteiger partial charge in [0, 0.05) is 41.4 Å². The van der Waals surface area contributed by atoms with Crippen LogP contribution >= 0.6 is 11.8 Å². The second-order valence-electron chi connectivity index (χ2n) is 10.5. The molecular weight excluding hydrogens is 652 g/mol. The van der Waals surface area contributed by atoms with Crippen LogP contribution in [0.2, 0.25) is 0 Å². The Hall–Kier alpha value is -3.11. The third-order valence-electron chi connectivity index (χ3n) is 7.33. The summed E-state index contributed by atoms with van der Waals surface area (Å²) in [5, 5.41) is 12.3.